The van der Waals surface area contributed by atoms with Gasteiger partial charge in [-0.3, -0.25) is 9.59 Å². The molecule has 5 aromatic rings. The first-order valence-corrected chi connectivity index (χ1v) is 14.6. The van der Waals surface area contributed by atoms with Crippen molar-refractivity contribution in [2.45, 2.75) is 6.92 Å². The molecular weight excluding hydrogens is 651 g/mol. The summed E-state index contributed by atoms with van der Waals surface area (Å²) in [5, 5.41) is 5.89. The SMILES string of the molecule is CCOc1cc(C=Nn2c(-c3cc4ccccc4o3)nc3ccccc3c2=O)cc(I)c1OCC(=O)N1CCOCC1. The summed E-state index contributed by atoms with van der Waals surface area (Å²) in [6.07, 6.45) is 1.57. The van der Waals surface area contributed by atoms with Crippen LogP contribution < -0.4 is 15.0 Å². The molecule has 11 heteroatoms. The molecule has 214 valence electrons. The van der Waals surface area contributed by atoms with Gasteiger partial charge >= 0.3 is 0 Å². The van der Waals surface area contributed by atoms with Crippen LogP contribution in [0.1, 0.15) is 12.5 Å². The molecule has 1 fully saturated rings. The molecule has 1 saturated heterocycles. The molecule has 0 atom stereocenters. The van der Waals surface area contributed by atoms with E-state index in [0.29, 0.717) is 72.2 Å². The topological polar surface area (TPSA) is 108 Å². The second-order valence-electron chi connectivity index (χ2n) is 9.51. The van der Waals surface area contributed by atoms with Gasteiger partial charge in [-0.15, -0.1) is 0 Å². The Balaban J connectivity index is 1.35. The van der Waals surface area contributed by atoms with E-state index >= 15 is 0 Å². The fourth-order valence-electron chi connectivity index (χ4n) is 4.71. The van der Waals surface area contributed by atoms with Gasteiger partial charge in [0.2, 0.25) is 5.82 Å². The number of hydrogen-bond donors (Lipinski definition) is 0. The maximum absolute atomic E-state index is 13.6. The van der Waals surface area contributed by atoms with E-state index in [2.05, 4.69) is 27.7 Å². The number of amides is 1. The minimum absolute atomic E-state index is 0.108. The summed E-state index contributed by atoms with van der Waals surface area (Å²) in [5.41, 5.74) is 1.58. The molecule has 3 aromatic carbocycles. The molecule has 0 aliphatic carbocycles. The molecule has 1 amide bonds. The normalized spacial score (nSPS) is 13.7. The van der Waals surface area contributed by atoms with Gasteiger partial charge in [0.05, 0.1) is 40.5 Å². The Bertz CT molecular complexity index is 1830. The van der Waals surface area contributed by atoms with Crippen LogP contribution in [0.3, 0.4) is 0 Å². The summed E-state index contributed by atoms with van der Waals surface area (Å²) in [4.78, 5) is 32.7. The van der Waals surface area contributed by atoms with Crippen LogP contribution in [0.15, 0.2) is 81.0 Å². The monoisotopic (exact) mass is 678 g/mol. The summed E-state index contributed by atoms with van der Waals surface area (Å²) >= 11 is 2.14. The second-order valence-corrected chi connectivity index (χ2v) is 10.7. The van der Waals surface area contributed by atoms with Gasteiger partial charge in [0.25, 0.3) is 11.5 Å². The fourth-order valence-corrected chi connectivity index (χ4v) is 5.49. The van der Waals surface area contributed by atoms with Gasteiger partial charge in [-0.05, 0) is 71.5 Å². The minimum atomic E-state index is -0.325. The van der Waals surface area contributed by atoms with Crippen molar-refractivity contribution in [3.05, 3.63) is 86.2 Å². The first-order valence-electron chi connectivity index (χ1n) is 13.5. The highest BCUT2D eigenvalue weighted by Crippen LogP contribution is 2.34. The zero-order chi connectivity index (χ0) is 29.1. The summed E-state index contributed by atoms with van der Waals surface area (Å²) < 4.78 is 25.2. The lowest BCUT2D eigenvalue weighted by molar-refractivity contribution is -0.137. The van der Waals surface area contributed by atoms with Gasteiger partial charge < -0.3 is 23.5 Å². The zero-order valence-electron chi connectivity index (χ0n) is 22.8. The van der Waals surface area contributed by atoms with Crippen molar-refractivity contribution in [2.75, 3.05) is 39.5 Å². The van der Waals surface area contributed by atoms with Crippen molar-refractivity contribution in [3.63, 3.8) is 0 Å². The standard InChI is InChI=1S/C31H27IN4O6/c1-2-40-26-16-20(15-23(32)29(26)41-19-28(37)35-11-13-39-14-12-35)18-33-36-30(27-17-21-7-3-6-10-25(21)42-27)34-24-9-5-4-8-22(24)31(36)38/h3-10,15-18H,2,11-14,19H2,1H3. The number of nitrogens with zero attached hydrogens (tertiary/aromatic N) is 4. The quantitative estimate of drug-likeness (QED) is 0.169. The third kappa shape index (κ3) is 5.74. The molecule has 0 radical (unpaired) electrons. The third-order valence-electron chi connectivity index (χ3n) is 6.76. The fraction of sp³-hybridized carbons (Fsp3) is 0.226. The van der Waals surface area contributed by atoms with Crippen molar-refractivity contribution in [1.82, 2.24) is 14.6 Å². The molecule has 1 aliphatic rings. The Hall–Kier alpha value is -4.23. The average molecular weight is 678 g/mol. The van der Waals surface area contributed by atoms with E-state index in [1.165, 1.54) is 4.68 Å². The van der Waals surface area contributed by atoms with Crippen LogP contribution in [-0.4, -0.2) is 66.2 Å². The maximum Gasteiger partial charge on any atom is 0.282 e. The summed E-state index contributed by atoms with van der Waals surface area (Å²) in [6, 6.07) is 20.2. The first-order chi connectivity index (χ1) is 20.5. The molecule has 0 spiro atoms. The number of halogens is 1. The number of morpholine rings is 1. The Kier molecular flexibility index (Phi) is 8.20. The predicted molar refractivity (Wildman–Crippen MR) is 167 cm³/mol. The zero-order valence-corrected chi connectivity index (χ0v) is 24.9. The molecule has 1 aliphatic heterocycles. The van der Waals surface area contributed by atoms with E-state index in [1.807, 2.05) is 49.4 Å². The number of aromatic nitrogens is 2. The van der Waals surface area contributed by atoms with Gasteiger partial charge in [0, 0.05) is 18.5 Å². The molecule has 6 rings (SSSR count). The van der Waals surface area contributed by atoms with E-state index in [-0.39, 0.29) is 23.9 Å². The molecular formula is C31H27IN4O6. The Morgan fingerprint density at radius 2 is 1.86 bits per heavy atom. The van der Waals surface area contributed by atoms with Crippen molar-refractivity contribution in [1.29, 1.82) is 0 Å². The lowest BCUT2D eigenvalue weighted by Gasteiger charge is -2.27. The van der Waals surface area contributed by atoms with Crippen molar-refractivity contribution in [2.24, 2.45) is 5.10 Å². The lowest BCUT2D eigenvalue weighted by atomic mass is 10.2. The smallest absolute Gasteiger partial charge is 0.282 e. The number of fused-ring (bicyclic) bond motifs is 2. The van der Waals surface area contributed by atoms with Crippen LogP contribution >= 0.6 is 22.6 Å². The van der Waals surface area contributed by atoms with Crippen LogP contribution in [0.25, 0.3) is 33.5 Å². The van der Waals surface area contributed by atoms with Gasteiger partial charge in [0.15, 0.2) is 23.9 Å². The van der Waals surface area contributed by atoms with Crippen LogP contribution in [0, 0.1) is 3.57 Å². The highest BCUT2D eigenvalue weighted by atomic mass is 127. The maximum atomic E-state index is 13.6. The first kappa shape index (κ1) is 27.9. The van der Waals surface area contributed by atoms with Crippen molar-refractivity contribution in [3.8, 4) is 23.1 Å². The minimum Gasteiger partial charge on any atom is -0.490 e. The van der Waals surface area contributed by atoms with E-state index in [4.69, 9.17) is 23.6 Å². The van der Waals surface area contributed by atoms with Crippen LogP contribution in [-0.2, 0) is 9.53 Å². The van der Waals surface area contributed by atoms with E-state index in [1.54, 1.807) is 35.4 Å². The number of para-hydroxylation sites is 2. The van der Waals surface area contributed by atoms with Crippen molar-refractivity contribution >= 4 is 56.6 Å². The van der Waals surface area contributed by atoms with E-state index in [9.17, 15) is 9.59 Å². The average Bonchev–Trinajstić information content (AvgIpc) is 3.45. The second kappa shape index (κ2) is 12.3. The Morgan fingerprint density at radius 3 is 2.67 bits per heavy atom. The Labute approximate surface area is 254 Å². The van der Waals surface area contributed by atoms with Gasteiger partial charge in [0.1, 0.15) is 5.58 Å². The summed E-state index contributed by atoms with van der Waals surface area (Å²) in [6.45, 7) is 4.30. The molecule has 0 N–H and O–H groups in total. The molecule has 3 heterocycles. The highest BCUT2D eigenvalue weighted by molar-refractivity contribution is 14.1. The van der Waals surface area contributed by atoms with Gasteiger partial charge in [-0.1, -0.05) is 30.3 Å². The van der Waals surface area contributed by atoms with Gasteiger partial charge in [-0.2, -0.15) is 9.78 Å². The number of furan rings is 1. The molecule has 42 heavy (non-hydrogen) atoms. The number of carbonyl (C=O) groups excluding carboxylic acids is 1. The Morgan fingerprint density at radius 1 is 1.07 bits per heavy atom. The van der Waals surface area contributed by atoms with Crippen LogP contribution in [0.4, 0.5) is 0 Å². The van der Waals surface area contributed by atoms with Crippen LogP contribution in [0.5, 0.6) is 11.5 Å². The van der Waals surface area contributed by atoms with E-state index < -0.39 is 0 Å². The van der Waals surface area contributed by atoms with Crippen LogP contribution in [0.2, 0.25) is 0 Å². The number of benzene rings is 3. The number of rotatable bonds is 8. The number of hydrogen-bond acceptors (Lipinski definition) is 8. The highest BCUT2D eigenvalue weighted by Gasteiger charge is 2.20. The summed E-state index contributed by atoms with van der Waals surface area (Å²) in [7, 11) is 0. The molecule has 0 unspecified atom stereocenters. The molecule has 0 saturated carbocycles. The lowest BCUT2D eigenvalue weighted by Crippen LogP contribution is -2.43. The number of ether oxygens (including phenoxy) is 3. The molecule has 10 nitrogen and oxygen atoms in total. The largest absolute Gasteiger partial charge is 0.490 e. The summed E-state index contributed by atoms with van der Waals surface area (Å²) in [5.74, 6) is 1.55. The third-order valence-corrected chi connectivity index (χ3v) is 7.56. The predicted octanol–water partition coefficient (Wildman–Crippen LogP) is 4.93. The van der Waals surface area contributed by atoms with E-state index in [0.717, 1.165) is 8.96 Å². The van der Waals surface area contributed by atoms with Crippen molar-refractivity contribution < 1.29 is 23.4 Å². The molecule has 2 aromatic heterocycles. The number of carbonyl (C=O) groups is 1. The van der Waals surface area contributed by atoms with Gasteiger partial charge in [-0.25, -0.2) is 4.98 Å². The molecule has 0 bridgehead atoms.